The first-order valence-corrected chi connectivity index (χ1v) is 4.92. The van der Waals surface area contributed by atoms with Gasteiger partial charge in [0.1, 0.15) is 11.8 Å². The van der Waals surface area contributed by atoms with Crippen LogP contribution in [0.25, 0.3) is 0 Å². The summed E-state index contributed by atoms with van der Waals surface area (Å²) in [5.74, 6) is 0.765. The van der Waals surface area contributed by atoms with Gasteiger partial charge >= 0.3 is 0 Å². The van der Waals surface area contributed by atoms with Crippen LogP contribution in [0.1, 0.15) is 11.6 Å². The Balaban J connectivity index is 3.03. The van der Waals surface area contributed by atoms with Gasteiger partial charge < -0.3 is 10.1 Å². The first-order chi connectivity index (χ1) is 6.72. The number of nitriles is 1. The quantitative estimate of drug-likeness (QED) is 0.900. The predicted molar refractivity (Wildman–Crippen MR) is 58.1 cm³/mol. The smallest absolute Gasteiger partial charge is 0.133 e. The van der Waals surface area contributed by atoms with Crippen molar-refractivity contribution in [1.82, 2.24) is 5.32 Å². The molecule has 0 saturated heterocycles. The Morgan fingerprint density at radius 3 is 2.71 bits per heavy atom. The van der Waals surface area contributed by atoms with E-state index in [9.17, 15) is 0 Å². The van der Waals surface area contributed by atoms with Crippen LogP contribution in [0.5, 0.6) is 5.75 Å². The van der Waals surface area contributed by atoms with E-state index in [1.54, 1.807) is 14.2 Å². The summed E-state index contributed by atoms with van der Waals surface area (Å²) in [6.45, 7) is 0. The fraction of sp³-hybridized carbons (Fsp3) is 0.300. The summed E-state index contributed by atoms with van der Waals surface area (Å²) >= 11 is 3.37. The fourth-order valence-electron chi connectivity index (χ4n) is 1.17. The van der Waals surface area contributed by atoms with Crippen LogP contribution in [0.3, 0.4) is 0 Å². The average Bonchev–Trinajstić information content (AvgIpc) is 2.20. The van der Waals surface area contributed by atoms with E-state index in [1.807, 2.05) is 18.2 Å². The Kier molecular flexibility index (Phi) is 3.93. The van der Waals surface area contributed by atoms with Crippen molar-refractivity contribution >= 4 is 15.9 Å². The van der Waals surface area contributed by atoms with Crippen molar-refractivity contribution in [1.29, 1.82) is 5.26 Å². The summed E-state index contributed by atoms with van der Waals surface area (Å²) < 4.78 is 5.95. The predicted octanol–water partition coefficient (Wildman–Crippen LogP) is 2.24. The van der Waals surface area contributed by atoms with Gasteiger partial charge in [-0.3, -0.25) is 0 Å². The molecular weight excluding hydrogens is 244 g/mol. The summed E-state index contributed by atoms with van der Waals surface area (Å²) in [7, 11) is 3.37. The summed E-state index contributed by atoms with van der Waals surface area (Å²) in [6, 6.07) is 7.46. The molecule has 3 nitrogen and oxygen atoms in total. The van der Waals surface area contributed by atoms with Gasteiger partial charge in [-0.25, -0.2) is 0 Å². The second-order valence-corrected chi connectivity index (χ2v) is 3.60. The lowest BCUT2D eigenvalue weighted by Crippen LogP contribution is -2.13. The second kappa shape index (κ2) is 4.99. The summed E-state index contributed by atoms with van der Waals surface area (Å²) in [4.78, 5) is 0. The second-order valence-electron chi connectivity index (χ2n) is 2.74. The van der Waals surface area contributed by atoms with E-state index in [0.717, 1.165) is 15.8 Å². The van der Waals surface area contributed by atoms with E-state index in [4.69, 9.17) is 10.00 Å². The molecule has 1 rings (SSSR count). The third-order valence-corrected chi connectivity index (χ3v) is 2.55. The van der Waals surface area contributed by atoms with Gasteiger partial charge in [0.15, 0.2) is 0 Å². The molecule has 14 heavy (non-hydrogen) atoms. The van der Waals surface area contributed by atoms with Crippen LogP contribution < -0.4 is 10.1 Å². The highest BCUT2D eigenvalue weighted by molar-refractivity contribution is 9.10. The zero-order chi connectivity index (χ0) is 10.6. The number of methoxy groups -OCH3 is 1. The van der Waals surface area contributed by atoms with Gasteiger partial charge in [-0.15, -0.1) is 0 Å². The molecule has 0 radical (unpaired) electrons. The molecule has 0 aliphatic rings. The molecule has 1 unspecified atom stereocenters. The van der Waals surface area contributed by atoms with Gasteiger partial charge in [0.2, 0.25) is 0 Å². The van der Waals surface area contributed by atoms with E-state index in [1.165, 1.54) is 0 Å². The fourth-order valence-corrected chi connectivity index (χ4v) is 1.73. The molecule has 0 aromatic heterocycles. The molecule has 0 aliphatic heterocycles. The SMILES string of the molecule is CNC(C#N)c1ccc(OC)c(Br)c1. The monoisotopic (exact) mass is 254 g/mol. The number of hydrogen-bond acceptors (Lipinski definition) is 3. The van der Waals surface area contributed by atoms with Crippen molar-refractivity contribution in [2.45, 2.75) is 6.04 Å². The van der Waals surface area contributed by atoms with Crippen LogP contribution in [0, 0.1) is 11.3 Å². The van der Waals surface area contributed by atoms with E-state index in [2.05, 4.69) is 27.3 Å². The van der Waals surface area contributed by atoms with E-state index < -0.39 is 0 Å². The van der Waals surface area contributed by atoms with Gasteiger partial charge in [-0.1, -0.05) is 6.07 Å². The van der Waals surface area contributed by atoms with Crippen LogP contribution in [0.2, 0.25) is 0 Å². The van der Waals surface area contributed by atoms with Gasteiger partial charge in [0.25, 0.3) is 0 Å². The van der Waals surface area contributed by atoms with Gasteiger partial charge in [0, 0.05) is 0 Å². The Morgan fingerprint density at radius 1 is 1.57 bits per heavy atom. The van der Waals surface area contributed by atoms with Crippen LogP contribution in [-0.4, -0.2) is 14.2 Å². The minimum atomic E-state index is -0.280. The minimum Gasteiger partial charge on any atom is -0.496 e. The topological polar surface area (TPSA) is 45.0 Å². The summed E-state index contributed by atoms with van der Waals surface area (Å²) in [5.41, 5.74) is 0.919. The molecule has 0 fully saturated rings. The Hall–Kier alpha value is -1.05. The largest absolute Gasteiger partial charge is 0.496 e. The average molecular weight is 255 g/mol. The molecule has 4 heteroatoms. The van der Waals surface area contributed by atoms with Crippen molar-refractivity contribution in [3.05, 3.63) is 28.2 Å². The number of halogens is 1. The number of benzene rings is 1. The van der Waals surface area contributed by atoms with Gasteiger partial charge in [0.05, 0.1) is 17.7 Å². The highest BCUT2D eigenvalue weighted by Crippen LogP contribution is 2.27. The van der Waals surface area contributed by atoms with Gasteiger partial charge in [-0.05, 0) is 40.7 Å². The Bertz CT molecular complexity index is 360. The molecule has 1 N–H and O–H groups in total. The van der Waals surface area contributed by atoms with E-state index >= 15 is 0 Å². The molecule has 1 aromatic rings. The molecule has 0 heterocycles. The third-order valence-electron chi connectivity index (χ3n) is 1.93. The Labute approximate surface area is 91.8 Å². The normalized spacial score (nSPS) is 11.9. The zero-order valence-electron chi connectivity index (χ0n) is 8.04. The lowest BCUT2D eigenvalue weighted by Gasteiger charge is -2.10. The summed E-state index contributed by atoms with van der Waals surface area (Å²) in [5, 5.41) is 11.7. The lowest BCUT2D eigenvalue weighted by atomic mass is 10.1. The molecule has 0 aliphatic carbocycles. The van der Waals surface area contributed by atoms with Crippen molar-refractivity contribution in [3.8, 4) is 11.8 Å². The van der Waals surface area contributed by atoms with Crippen molar-refractivity contribution in [2.75, 3.05) is 14.2 Å². The molecule has 1 atom stereocenters. The van der Waals surface area contributed by atoms with Crippen LogP contribution >= 0.6 is 15.9 Å². The maximum absolute atomic E-state index is 8.84. The minimum absolute atomic E-state index is 0.280. The zero-order valence-corrected chi connectivity index (χ0v) is 9.63. The van der Waals surface area contributed by atoms with Crippen LogP contribution in [0.15, 0.2) is 22.7 Å². The lowest BCUT2D eigenvalue weighted by molar-refractivity contribution is 0.412. The van der Waals surface area contributed by atoms with Crippen LogP contribution in [0.4, 0.5) is 0 Å². The number of ether oxygens (including phenoxy) is 1. The molecule has 0 spiro atoms. The third kappa shape index (κ3) is 2.25. The first-order valence-electron chi connectivity index (χ1n) is 4.13. The molecule has 74 valence electrons. The Morgan fingerprint density at radius 2 is 2.29 bits per heavy atom. The highest BCUT2D eigenvalue weighted by Gasteiger charge is 2.09. The molecule has 1 aromatic carbocycles. The maximum atomic E-state index is 8.84. The van der Waals surface area contributed by atoms with Crippen molar-refractivity contribution < 1.29 is 4.74 Å². The molecule has 0 bridgehead atoms. The van der Waals surface area contributed by atoms with E-state index in [0.29, 0.717) is 0 Å². The summed E-state index contributed by atoms with van der Waals surface area (Å²) in [6.07, 6.45) is 0. The van der Waals surface area contributed by atoms with Crippen LogP contribution in [-0.2, 0) is 0 Å². The maximum Gasteiger partial charge on any atom is 0.133 e. The standard InChI is InChI=1S/C10H11BrN2O/c1-13-9(6-12)7-3-4-10(14-2)8(11)5-7/h3-5,9,13H,1-2H3. The highest BCUT2D eigenvalue weighted by atomic mass is 79.9. The first kappa shape index (κ1) is 11.0. The van der Waals surface area contributed by atoms with Gasteiger partial charge in [-0.2, -0.15) is 5.26 Å². The van der Waals surface area contributed by atoms with Crippen molar-refractivity contribution in [3.63, 3.8) is 0 Å². The number of hydrogen-bond donors (Lipinski definition) is 1. The molecule has 0 amide bonds. The van der Waals surface area contributed by atoms with E-state index in [-0.39, 0.29) is 6.04 Å². The number of nitrogens with one attached hydrogen (secondary N) is 1. The van der Waals surface area contributed by atoms with Crippen molar-refractivity contribution in [2.24, 2.45) is 0 Å². The number of nitrogens with zero attached hydrogens (tertiary/aromatic N) is 1. The number of rotatable bonds is 3. The molecular formula is C10H11BrN2O. The molecule has 0 saturated carbocycles.